The quantitative estimate of drug-likeness (QED) is 0.337. The Hall–Kier alpha value is -2.80. The van der Waals surface area contributed by atoms with Crippen molar-refractivity contribution in [3.63, 3.8) is 0 Å². The minimum absolute atomic E-state index is 0.0563. The first-order valence-electron chi connectivity index (χ1n) is 12.2. The molecule has 1 saturated carbocycles. The van der Waals surface area contributed by atoms with E-state index in [1.807, 2.05) is 67.6 Å². The molecule has 4 atom stereocenters. The maximum atomic E-state index is 13.6. The monoisotopic (exact) mass is 500 g/mol. The van der Waals surface area contributed by atoms with E-state index in [-0.39, 0.29) is 23.9 Å². The summed E-state index contributed by atoms with van der Waals surface area (Å²) >= 11 is 0. The number of amides is 2. The molecule has 0 saturated heterocycles. The van der Waals surface area contributed by atoms with Crippen LogP contribution in [0.2, 0.25) is 0 Å². The first kappa shape index (κ1) is 23.9. The molecule has 0 spiro atoms. The van der Waals surface area contributed by atoms with Gasteiger partial charge in [0.1, 0.15) is 0 Å². The van der Waals surface area contributed by atoms with Gasteiger partial charge < -0.3 is 10.6 Å². The van der Waals surface area contributed by atoms with Crippen LogP contribution in [0.25, 0.3) is 21.5 Å². The molecule has 6 heteroatoms. The van der Waals surface area contributed by atoms with Crippen LogP contribution in [-0.4, -0.2) is 23.9 Å². The van der Waals surface area contributed by atoms with Crippen molar-refractivity contribution in [1.29, 1.82) is 0 Å². The van der Waals surface area contributed by atoms with Gasteiger partial charge in [0.05, 0.1) is 11.1 Å². The summed E-state index contributed by atoms with van der Waals surface area (Å²) in [5.41, 5.74) is 2.43. The Balaban J connectivity index is 1.41. The maximum Gasteiger partial charge on any atom is 0.252 e. The number of carbonyl (C=O) groups is 2. The summed E-state index contributed by atoms with van der Waals surface area (Å²) in [5, 5.41) is 11.7. The van der Waals surface area contributed by atoms with Crippen molar-refractivity contribution in [2.24, 2.45) is 0 Å². The van der Waals surface area contributed by atoms with Crippen LogP contribution in [0.1, 0.15) is 52.0 Å². The van der Waals surface area contributed by atoms with Gasteiger partial charge in [0.15, 0.2) is 0 Å². The van der Waals surface area contributed by atoms with Crippen LogP contribution < -0.4 is 15.9 Å². The molecule has 0 aromatic heterocycles. The molecule has 1 aliphatic carbocycles. The van der Waals surface area contributed by atoms with Gasteiger partial charge in [0, 0.05) is 12.1 Å². The molecule has 4 unspecified atom stereocenters. The maximum absolute atomic E-state index is 13.6. The number of hydrogen-bond acceptors (Lipinski definition) is 2. The van der Waals surface area contributed by atoms with Gasteiger partial charge in [-0.05, 0) is 52.2 Å². The molecule has 0 heterocycles. The Labute approximate surface area is 210 Å². The summed E-state index contributed by atoms with van der Waals surface area (Å²) in [6.45, 7) is 1.98. The third-order valence-corrected chi connectivity index (χ3v) is 8.74. The highest BCUT2D eigenvalue weighted by Gasteiger charge is 2.30. The highest BCUT2D eigenvalue weighted by atomic mass is 32.0. The van der Waals surface area contributed by atoms with E-state index in [1.54, 1.807) is 0 Å². The van der Waals surface area contributed by atoms with Crippen LogP contribution >= 0.6 is 17.2 Å². The van der Waals surface area contributed by atoms with Gasteiger partial charge in [0.2, 0.25) is 0 Å². The molecule has 0 bridgehead atoms. The molecular formula is C29H30N2O2P2. The summed E-state index contributed by atoms with van der Waals surface area (Å²) in [5.74, 6) is -0.123. The predicted molar refractivity (Wildman–Crippen MR) is 151 cm³/mol. The Kier molecular flexibility index (Phi) is 7.14. The van der Waals surface area contributed by atoms with E-state index in [4.69, 9.17) is 0 Å². The third-order valence-electron chi connectivity index (χ3n) is 7.07. The summed E-state index contributed by atoms with van der Waals surface area (Å²) in [6.07, 6.45) is 3.79. The van der Waals surface area contributed by atoms with Crippen molar-refractivity contribution in [1.82, 2.24) is 10.6 Å². The van der Waals surface area contributed by atoms with E-state index >= 15 is 0 Å². The first-order valence-corrected chi connectivity index (χ1v) is 15.0. The lowest BCUT2D eigenvalue weighted by Gasteiger charge is -2.33. The molecule has 4 aromatic rings. The molecule has 4 nitrogen and oxygen atoms in total. The fourth-order valence-corrected chi connectivity index (χ4v) is 6.57. The van der Waals surface area contributed by atoms with Gasteiger partial charge in [-0.1, -0.05) is 93.9 Å². The Morgan fingerprint density at radius 1 is 0.743 bits per heavy atom. The normalized spacial score (nSPS) is 18.2. The van der Waals surface area contributed by atoms with Crippen molar-refractivity contribution in [3.8, 4) is 0 Å². The molecule has 0 radical (unpaired) electrons. The van der Waals surface area contributed by atoms with Crippen LogP contribution in [0.3, 0.4) is 0 Å². The van der Waals surface area contributed by atoms with Gasteiger partial charge in [-0.25, -0.2) is 0 Å². The summed E-state index contributed by atoms with van der Waals surface area (Å²) in [6, 6.07) is 24.0. The van der Waals surface area contributed by atoms with Crippen molar-refractivity contribution in [3.05, 3.63) is 89.5 Å². The molecule has 0 aliphatic heterocycles. The van der Waals surface area contributed by atoms with Gasteiger partial charge >= 0.3 is 0 Å². The minimum Gasteiger partial charge on any atom is -0.347 e. The second kappa shape index (κ2) is 10.4. The number of rotatable bonds is 5. The van der Waals surface area contributed by atoms with E-state index in [1.165, 1.54) is 0 Å². The van der Waals surface area contributed by atoms with Crippen LogP contribution in [-0.2, 0) is 0 Å². The van der Waals surface area contributed by atoms with Crippen molar-refractivity contribution < 1.29 is 9.59 Å². The van der Waals surface area contributed by atoms with Crippen molar-refractivity contribution in [2.75, 3.05) is 0 Å². The van der Waals surface area contributed by atoms with Gasteiger partial charge in [-0.15, -0.1) is 8.93 Å². The Bertz CT molecular complexity index is 1420. The van der Waals surface area contributed by atoms with Gasteiger partial charge in [-0.2, -0.15) is 0 Å². The van der Waals surface area contributed by atoms with E-state index < -0.39 is 0 Å². The highest BCUT2D eigenvalue weighted by Crippen LogP contribution is 2.28. The number of carbonyl (C=O) groups excluding carboxylic acids is 2. The van der Waals surface area contributed by atoms with Crippen molar-refractivity contribution in [2.45, 2.75) is 44.7 Å². The molecule has 2 N–H and O–H groups in total. The standard InChI is InChI=1S/C29H30N2O2P2/c1-18-14-15-19-8-2-4-10-21(19)26(18)28(32)30-23-12-6-7-13-24(23)31-29(33)27-22-11-5-3-9-20(22)16-17-25(27)35-34/h2-5,8-11,14-17,23-24,35H,6-7,12-13,34H2,1H3,(H,30,32)(H,31,33). The zero-order valence-electron chi connectivity index (χ0n) is 19.8. The number of nitrogens with one attached hydrogen (secondary N) is 2. The second-order valence-corrected chi connectivity index (χ2v) is 11.0. The molecule has 4 aromatic carbocycles. The van der Waals surface area contributed by atoms with Crippen LogP contribution in [0.5, 0.6) is 0 Å². The molecule has 5 rings (SSSR count). The zero-order chi connectivity index (χ0) is 24.4. The number of hydrogen-bond donors (Lipinski definition) is 2. The summed E-state index contributed by atoms with van der Waals surface area (Å²) in [4.78, 5) is 27.1. The third kappa shape index (κ3) is 4.83. The van der Waals surface area contributed by atoms with Crippen molar-refractivity contribution >= 4 is 55.9 Å². The summed E-state index contributed by atoms with van der Waals surface area (Å²) in [7, 11) is 3.20. The SMILES string of the molecule is Cc1ccc2ccccc2c1C(=O)NC1CCCCC1NC(=O)c1c(PP)ccc2ccccc12. The number of benzene rings is 4. The largest absolute Gasteiger partial charge is 0.347 e. The van der Waals surface area contributed by atoms with Crippen LogP contribution in [0.15, 0.2) is 72.8 Å². The Morgan fingerprint density at radius 3 is 1.86 bits per heavy atom. The Morgan fingerprint density at radius 2 is 1.26 bits per heavy atom. The first-order chi connectivity index (χ1) is 17.1. The van der Waals surface area contributed by atoms with Crippen LogP contribution in [0, 0.1) is 6.92 Å². The average molecular weight is 501 g/mol. The van der Waals surface area contributed by atoms with E-state index in [9.17, 15) is 9.59 Å². The highest BCUT2D eigenvalue weighted by molar-refractivity contribution is 8.06. The molecule has 178 valence electrons. The lowest BCUT2D eigenvalue weighted by molar-refractivity contribution is 0.0864. The molecular weight excluding hydrogens is 470 g/mol. The predicted octanol–water partition coefficient (Wildman–Crippen LogP) is 5.87. The smallest absolute Gasteiger partial charge is 0.252 e. The fourth-order valence-electron chi connectivity index (χ4n) is 5.28. The van der Waals surface area contributed by atoms with E-state index in [0.717, 1.165) is 69.2 Å². The molecule has 1 fully saturated rings. The summed E-state index contributed by atoms with van der Waals surface area (Å²) < 4.78 is 0. The fraction of sp³-hybridized carbons (Fsp3) is 0.241. The lowest BCUT2D eigenvalue weighted by Crippen LogP contribution is -2.53. The van der Waals surface area contributed by atoms with Crippen LogP contribution in [0.4, 0.5) is 0 Å². The lowest BCUT2D eigenvalue weighted by atomic mass is 9.89. The molecule has 1 aliphatic rings. The molecule has 2 amide bonds. The minimum atomic E-state index is -0.102. The average Bonchev–Trinajstić information content (AvgIpc) is 2.88. The topological polar surface area (TPSA) is 58.2 Å². The molecule has 35 heavy (non-hydrogen) atoms. The number of aryl methyl sites for hydroxylation is 1. The van der Waals surface area contributed by atoms with Gasteiger partial charge in [0.25, 0.3) is 11.8 Å². The van der Waals surface area contributed by atoms with E-state index in [0.29, 0.717) is 8.27 Å². The van der Waals surface area contributed by atoms with Gasteiger partial charge in [-0.3, -0.25) is 9.59 Å². The number of fused-ring (bicyclic) bond motifs is 2. The zero-order valence-corrected chi connectivity index (χ0v) is 22.0. The van der Waals surface area contributed by atoms with E-state index in [2.05, 4.69) is 31.7 Å². The second-order valence-electron chi connectivity index (χ2n) is 9.28.